The van der Waals surface area contributed by atoms with Crippen LogP contribution in [0.4, 0.5) is 17.5 Å². The first-order valence-electron chi connectivity index (χ1n) is 7.63. The van der Waals surface area contributed by atoms with E-state index in [1.54, 1.807) is 6.92 Å². The molecule has 0 radical (unpaired) electrons. The second-order valence-corrected chi connectivity index (χ2v) is 6.04. The maximum Gasteiger partial charge on any atom is 0.332 e. The van der Waals surface area contributed by atoms with Crippen molar-refractivity contribution in [2.45, 2.75) is 51.5 Å². The Hall–Kier alpha value is -1.92. The molecule has 0 amide bonds. The van der Waals surface area contributed by atoms with Crippen LogP contribution in [0.25, 0.3) is 0 Å². The first-order valence-corrected chi connectivity index (χ1v) is 7.63. The van der Waals surface area contributed by atoms with E-state index < -0.39 is 0 Å². The van der Waals surface area contributed by atoms with E-state index in [1.165, 1.54) is 25.7 Å². The Kier molecular flexibility index (Phi) is 3.65. The van der Waals surface area contributed by atoms with Crippen molar-refractivity contribution in [2.24, 2.45) is 5.92 Å². The molecule has 1 aliphatic heterocycles. The summed E-state index contributed by atoms with van der Waals surface area (Å²) >= 11 is 0. The first-order chi connectivity index (χ1) is 10.1. The van der Waals surface area contributed by atoms with Crippen molar-refractivity contribution >= 4 is 17.5 Å². The number of nitrogen functional groups attached to an aromatic ring is 1. The highest BCUT2D eigenvalue weighted by Gasteiger charge is 2.37. The fourth-order valence-corrected chi connectivity index (χ4v) is 3.87. The van der Waals surface area contributed by atoms with Crippen LogP contribution in [0.2, 0.25) is 0 Å². The summed E-state index contributed by atoms with van der Waals surface area (Å²) in [6, 6.07) is 0.361. The summed E-state index contributed by atoms with van der Waals surface area (Å²) in [4.78, 5) is 21.3. The summed E-state index contributed by atoms with van der Waals surface area (Å²) in [6.45, 7) is 2.44. The fourth-order valence-electron chi connectivity index (χ4n) is 3.87. The third-order valence-electron chi connectivity index (χ3n) is 4.76. The third kappa shape index (κ3) is 2.52. The SMILES string of the molecule is Cc1nc(N)nc(N2CCCC3CCCCC32)c1[N+](=O)[O-]. The average Bonchev–Trinajstić information content (AvgIpc) is 2.45. The Labute approximate surface area is 123 Å². The van der Waals surface area contributed by atoms with Crippen LogP contribution in [0, 0.1) is 23.0 Å². The highest BCUT2D eigenvalue weighted by molar-refractivity contribution is 5.62. The largest absolute Gasteiger partial charge is 0.368 e. The van der Waals surface area contributed by atoms with Gasteiger partial charge in [-0.2, -0.15) is 4.98 Å². The number of piperidine rings is 1. The van der Waals surface area contributed by atoms with Gasteiger partial charge < -0.3 is 10.6 Å². The minimum absolute atomic E-state index is 0.00965. The van der Waals surface area contributed by atoms with Gasteiger partial charge in [-0.1, -0.05) is 12.8 Å². The lowest BCUT2D eigenvalue weighted by molar-refractivity contribution is -0.385. The lowest BCUT2D eigenvalue weighted by atomic mass is 9.78. The second kappa shape index (κ2) is 5.46. The Morgan fingerprint density at radius 2 is 1.95 bits per heavy atom. The highest BCUT2D eigenvalue weighted by atomic mass is 16.6. The van der Waals surface area contributed by atoms with E-state index in [1.807, 2.05) is 0 Å². The van der Waals surface area contributed by atoms with Crippen molar-refractivity contribution in [3.05, 3.63) is 15.8 Å². The van der Waals surface area contributed by atoms with Gasteiger partial charge in [-0.15, -0.1) is 0 Å². The summed E-state index contributed by atoms with van der Waals surface area (Å²) in [5.74, 6) is 1.16. The number of nitro groups is 1. The van der Waals surface area contributed by atoms with E-state index in [0.717, 1.165) is 19.4 Å². The van der Waals surface area contributed by atoms with Crippen molar-refractivity contribution in [3.8, 4) is 0 Å². The molecule has 1 aliphatic carbocycles. The molecule has 2 heterocycles. The number of aromatic nitrogens is 2. The van der Waals surface area contributed by atoms with Crippen LogP contribution < -0.4 is 10.6 Å². The number of hydrogen-bond donors (Lipinski definition) is 1. The molecule has 1 saturated carbocycles. The van der Waals surface area contributed by atoms with Crippen LogP contribution in [0.3, 0.4) is 0 Å². The zero-order chi connectivity index (χ0) is 15.0. The maximum absolute atomic E-state index is 11.4. The summed E-state index contributed by atoms with van der Waals surface area (Å²) in [5, 5.41) is 11.4. The summed E-state index contributed by atoms with van der Waals surface area (Å²) in [6.07, 6.45) is 7.03. The van der Waals surface area contributed by atoms with Gasteiger partial charge in [-0.25, -0.2) is 4.98 Å². The van der Waals surface area contributed by atoms with E-state index in [2.05, 4.69) is 14.9 Å². The fraction of sp³-hybridized carbons (Fsp3) is 0.714. The van der Waals surface area contributed by atoms with Gasteiger partial charge in [-0.05, 0) is 38.5 Å². The minimum atomic E-state index is -0.378. The standard InChI is InChI=1S/C14H21N5O2/c1-9-12(19(20)21)13(17-14(15)16-9)18-8-4-6-10-5-2-3-7-11(10)18/h10-11H,2-8H2,1H3,(H2,15,16,17). The Bertz CT molecular complexity index is 561. The summed E-state index contributed by atoms with van der Waals surface area (Å²) in [7, 11) is 0. The van der Waals surface area contributed by atoms with Crippen molar-refractivity contribution in [3.63, 3.8) is 0 Å². The van der Waals surface area contributed by atoms with Gasteiger partial charge in [0.05, 0.1) is 4.92 Å². The molecule has 2 atom stereocenters. The normalized spacial score (nSPS) is 25.5. The van der Waals surface area contributed by atoms with Crippen LogP contribution in [0.1, 0.15) is 44.2 Å². The Morgan fingerprint density at radius 3 is 2.71 bits per heavy atom. The molecule has 21 heavy (non-hydrogen) atoms. The number of hydrogen-bond acceptors (Lipinski definition) is 6. The first kappa shape index (κ1) is 14.0. The van der Waals surface area contributed by atoms with E-state index in [9.17, 15) is 10.1 Å². The molecule has 2 N–H and O–H groups in total. The van der Waals surface area contributed by atoms with Gasteiger partial charge in [0.25, 0.3) is 0 Å². The quantitative estimate of drug-likeness (QED) is 0.663. The Balaban J connectivity index is 2.04. The monoisotopic (exact) mass is 291 g/mol. The molecule has 3 rings (SSSR count). The smallest absolute Gasteiger partial charge is 0.332 e. The molecule has 7 heteroatoms. The van der Waals surface area contributed by atoms with Gasteiger partial charge in [0.2, 0.25) is 11.8 Å². The van der Waals surface area contributed by atoms with Crippen molar-refractivity contribution in [1.29, 1.82) is 0 Å². The molecule has 1 aromatic heterocycles. The van der Waals surface area contributed by atoms with Crippen LogP contribution in [-0.4, -0.2) is 27.5 Å². The molecular formula is C14H21N5O2. The molecule has 2 fully saturated rings. The maximum atomic E-state index is 11.4. The molecule has 2 unspecified atom stereocenters. The molecule has 0 bridgehead atoms. The topological polar surface area (TPSA) is 98.2 Å². The number of nitrogens with zero attached hydrogens (tertiary/aromatic N) is 4. The molecule has 0 spiro atoms. The number of nitrogens with two attached hydrogens (primary N) is 1. The van der Waals surface area contributed by atoms with Crippen molar-refractivity contribution < 1.29 is 4.92 Å². The van der Waals surface area contributed by atoms with Gasteiger partial charge in [-0.3, -0.25) is 10.1 Å². The van der Waals surface area contributed by atoms with E-state index >= 15 is 0 Å². The zero-order valence-corrected chi connectivity index (χ0v) is 12.3. The summed E-state index contributed by atoms with van der Waals surface area (Å²) in [5.41, 5.74) is 6.09. The minimum Gasteiger partial charge on any atom is -0.368 e. The third-order valence-corrected chi connectivity index (χ3v) is 4.76. The molecule has 7 nitrogen and oxygen atoms in total. The van der Waals surface area contributed by atoms with Gasteiger partial charge in [0.1, 0.15) is 5.69 Å². The number of anilines is 2. The van der Waals surface area contributed by atoms with Gasteiger partial charge in [0, 0.05) is 12.6 Å². The molecule has 2 aliphatic rings. The van der Waals surface area contributed by atoms with Crippen LogP contribution >= 0.6 is 0 Å². The molecule has 1 saturated heterocycles. The van der Waals surface area contributed by atoms with Crippen LogP contribution in [0.15, 0.2) is 0 Å². The highest BCUT2D eigenvalue weighted by Crippen LogP contribution is 2.40. The lowest BCUT2D eigenvalue weighted by Crippen LogP contribution is -2.47. The van der Waals surface area contributed by atoms with E-state index in [4.69, 9.17) is 5.73 Å². The lowest BCUT2D eigenvalue weighted by Gasteiger charge is -2.44. The van der Waals surface area contributed by atoms with Gasteiger partial charge >= 0.3 is 5.69 Å². The average molecular weight is 291 g/mol. The molecule has 114 valence electrons. The zero-order valence-electron chi connectivity index (χ0n) is 12.3. The second-order valence-electron chi connectivity index (χ2n) is 6.04. The Morgan fingerprint density at radius 1 is 1.24 bits per heavy atom. The molecule has 1 aromatic rings. The number of fused-ring (bicyclic) bond motifs is 1. The van der Waals surface area contributed by atoms with Crippen LogP contribution in [0.5, 0.6) is 0 Å². The van der Waals surface area contributed by atoms with Crippen molar-refractivity contribution in [2.75, 3.05) is 17.2 Å². The number of rotatable bonds is 2. The number of aryl methyl sites for hydroxylation is 1. The van der Waals surface area contributed by atoms with Crippen molar-refractivity contribution in [1.82, 2.24) is 9.97 Å². The molecule has 0 aromatic carbocycles. The van der Waals surface area contributed by atoms with E-state index in [0.29, 0.717) is 23.5 Å². The van der Waals surface area contributed by atoms with Gasteiger partial charge in [0.15, 0.2) is 0 Å². The summed E-state index contributed by atoms with van der Waals surface area (Å²) < 4.78 is 0. The predicted molar refractivity (Wildman–Crippen MR) is 80.2 cm³/mol. The van der Waals surface area contributed by atoms with E-state index in [-0.39, 0.29) is 16.6 Å². The van der Waals surface area contributed by atoms with Crippen LogP contribution in [-0.2, 0) is 0 Å². The predicted octanol–water partition coefficient (Wildman–Crippen LogP) is 2.43. The molecular weight excluding hydrogens is 270 g/mol.